The van der Waals surface area contributed by atoms with Gasteiger partial charge in [-0.1, -0.05) is 24.3 Å². The van der Waals surface area contributed by atoms with Crippen molar-refractivity contribution in [2.45, 2.75) is 16.5 Å². The van der Waals surface area contributed by atoms with Gasteiger partial charge in [-0.2, -0.15) is 0 Å². The molecule has 0 atom stereocenters. The number of phenolic OH excluding ortho intramolecular Hbond substituents is 1. The predicted octanol–water partition coefficient (Wildman–Crippen LogP) is 4.42. The second kappa shape index (κ2) is 5.99. The Bertz CT molecular complexity index is 465. The Labute approximate surface area is 110 Å². The Morgan fingerprint density at radius 2 is 1.47 bits per heavy atom. The minimum atomic E-state index is 0.310. The molecule has 88 valence electrons. The first-order chi connectivity index (χ1) is 8.28. The Balaban J connectivity index is 1.95. The van der Waals surface area contributed by atoms with Gasteiger partial charge in [0.05, 0.1) is 0 Å². The van der Waals surface area contributed by atoms with E-state index in [1.165, 1.54) is 10.5 Å². The molecule has 1 N–H and O–H groups in total. The molecule has 0 amide bonds. The van der Waals surface area contributed by atoms with Gasteiger partial charge in [-0.3, -0.25) is 0 Å². The van der Waals surface area contributed by atoms with E-state index in [1.54, 1.807) is 23.9 Å². The van der Waals surface area contributed by atoms with Crippen molar-refractivity contribution in [3.8, 4) is 5.75 Å². The average Bonchev–Trinajstić information content (AvgIpc) is 2.39. The fraction of sp³-hybridized carbons (Fsp3) is 0.143. The van der Waals surface area contributed by atoms with Gasteiger partial charge < -0.3 is 5.11 Å². The van der Waals surface area contributed by atoms with Crippen molar-refractivity contribution in [3.05, 3.63) is 59.7 Å². The molecule has 17 heavy (non-hydrogen) atoms. The first kappa shape index (κ1) is 12.3. The number of benzene rings is 2. The van der Waals surface area contributed by atoms with Gasteiger partial charge in [0.1, 0.15) is 5.75 Å². The molecule has 0 aromatic heterocycles. The number of hydrogen-bond acceptors (Lipinski definition) is 2. The lowest BCUT2D eigenvalue weighted by molar-refractivity contribution is 0.475. The van der Waals surface area contributed by atoms with Crippen molar-refractivity contribution in [1.82, 2.24) is 0 Å². The van der Waals surface area contributed by atoms with Gasteiger partial charge in [-0.15, -0.1) is 23.4 Å². The number of hydrogen-bond donors (Lipinski definition) is 1. The number of alkyl halides is 1. The third kappa shape index (κ3) is 3.69. The molecule has 2 aromatic carbocycles. The van der Waals surface area contributed by atoms with Crippen LogP contribution in [0.1, 0.15) is 11.1 Å². The van der Waals surface area contributed by atoms with E-state index in [9.17, 15) is 5.11 Å². The van der Waals surface area contributed by atoms with E-state index in [2.05, 4.69) is 12.1 Å². The maximum Gasteiger partial charge on any atom is 0.115 e. The van der Waals surface area contributed by atoms with Crippen LogP contribution in [-0.4, -0.2) is 5.11 Å². The fourth-order valence-electron chi connectivity index (χ4n) is 1.43. The maximum atomic E-state index is 9.18. The lowest BCUT2D eigenvalue weighted by Crippen LogP contribution is -1.81. The SMILES string of the molecule is Oc1ccc(CSc2ccc(CCl)cc2)cc1. The molecule has 0 radical (unpaired) electrons. The number of aromatic hydroxyl groups is 1. The van der Waals surface area contributed by atoms with Crippen LogP contribution in [-0.2, 0) is 11.6 Å². The average molecular weight is 265 g/mol. The van der Waals surface area contributed by atoms with E-state index < -0.39 is 0 Å². The summed E-state index contributed by atoms with van der Waals surface area (Å²) in [5.41, 5.74) is 2.34. The quantitative estimate of drug-likeness (QED) is 0.651. The summed E-state index contributed by atoms with van der Waals surface area (Å²) in [5.74, 6) is 1.77. The summed E-state index contributed by atoms with van der Waals surface area (Å²) in [6.45, 7) is 0. The zero-order chi connectivity index (χ0) is 12.1. The summed E-state index contributed by atoms with van der Waals surface area (Å²) in [5, 5.41) is 9.18. The van der Waals surface area contributed by atoms with Gasteiger partial charge in [0.2, 0.25) is 0 Å². The fourth-order valence-corrected chi connectivity index (χ4v) is 2.47. The minimum absolute atomic E-state index is 0.310. The largest absolute Gasteiger partial charge is 0.508 e. The van der Waals surface area contributed by atoms with Crippen LogP contribution in [0.25, 0.3) is 0 Å². The van der Waals surface area contributed by atoms with Crippen molar-refractivity contribution < 1.29 is 5.11 Å². The van der Waals surface area contributed by atoms with Crippen LogP contribution in [0, 0.1) is 0 Å². The third-order valence-corrected chi connectivity index (χ3v) is 3.81. The Kier molecular flexibility index (Phi) is 4.35. The van der Waals surface area contributed by atoms with Gasteiger partial charge in [-0.05, 0) is 35.4 Å². The van der Waals surface area contributed by atoms with E-state index in [0.29, 0.717) is 11.6 Å². The van der Waals surface area contributed by atoms with Crippen LogP contribution in [0.2, 0.25) is 0 Å². The molecular weight excluding hydrogens is 252 g/mol. The highest BCUT2D eigenvalue weighted by Crippen LogP contribution is 2.24. The molecule has 0 spiro atoms. The molecule has 0 saturated heterocycles. The molecular formula is C14H13ClOS. The highest BCUT2D eigenvalue weighted by molar-refractivity contribution is 7.98. The molecule has 0 aliphatic rings. The van der Waals surface area contributed by atoms with Gasteiger partial charge >= 0.3 is 0 Å². The van der Waals surface area contributed by atoms with E-state index in [0.717, 1.165) is 11.3 Å². The monoisotopic (exact) mass is 264 g/mol. The Morgan fingerprint density at radius 1 is 0.882 bits per heavy atom. The van der Waals surface area contributed by atoms with E-state index in [4.69, 9.17) is 11.6 Å². The van der Waals surface area contributed by atoms with E-state index in [1.807, 2.05) is 24.3 Å². The van der Waals surface area contributed by atoms with Crippen molar-refractivity contribution in [2.24, 2.45) is 0 Å². The zero-order valence-corrected chi connectivity index (χ0v) is 10.8. The van der Waals surface area contributed by atoms with Crippen LogP contribution in [0.5, 0.6) is 5.75 Å². The molecule has 0 saturated carbocycles. The van der Waals surface area contributed by atoms with Crippen molar-refractivity contribution in [2.75, 3.05) is 0 Å². The number of halogens is 1. The van der Waals surface area contributed by atoms with E-state index in [-0.39, 0.29) is 0 Å². The maximum absolute atomic E-state index is 9.18. The summed E-state index contributed by atoms with van der Waals surface area (Å²) in [6.07, 6.45) is 0. The van der Waals surface area contributed by atoms with Gasteiger partial charge in [0, 0.05) is 16.5 Å². The number of rotatable bonds is 4. The molecule has 0 aliphatic carbocycles. The second-order valence-corrected chi connectivity index (χ2v) is 5.05. The van der Waals surface area contributed by atoms with E-state index >= 15 is 0 Å². The summed E-state index contributed by atoms with van der Waals surface area (Å²) in [6, 6.07) is 15.6. The number of phenols is 1. The molecule has 0 unspecified atom stereocenters. The van der Waals surface area contributed by atoms with Crippen LogP contribution < -0.4 is 0 Å². The molecule has 2 aromatic rings. The highest BCUT2D eigenvalue weighted by atomic mass is 35.5. The molecule has 0 aliphatic heterocycles. The van der Waals surface area contributed by atoms with Gasteiger partial charge in [-0.25, -0.2) is 0 Å². The van der Waals surface area contributed by atoms with Gasteiger partial charge in [0.25, 0.3) is 0 Å². The normalized spacial score (nSPS) is 10.4. The van der Waals surface area contributed by atoms with Crippen molar-refractivity contribution in [3.63, 3.8) is 0 Å². The standard InChI is InChI=1S/C14H13ClOS/c15-9-11-3-7-14(8-4-11)17-10-12-1-5-13(16)6-2-12/h1-8,16H,9-10H2. The first-order valence-corrected chi connectivity index (χ1v) is 6.85. The second-order valence-electron chi connectivity index (χ2n) is 3.73. The molecule has 1 nitrogen and oxygen atoms in total. The van der Waals surface area contributed by atoms with Crippen LogP contribution in [0.3, 0.4) is 0 Å². The third-order valence-electron chi connectivity index (χ3n) is 2.42. The minimum Gasteiger partial charge on any atom is -0.508 e. The first-order valence-electron chi connectivity index (χ1n) is 5.33. The van der Waals surface area contributed by atoms with Crippen LogP contribution in [0.4, 0.5) is 0 Å². The number of thioether (sulfide) groups is 1. The zero-order valence-electron chi connectivity index (χ0n) is 9.27. The summed E-state index contributed by atoms with van der Waals surface area (Å²) < 4.78 is 0. The van der Waals surface area contributed by atoms with Crippen molar-refractivity contribution in [1.29, 1.82) is 0 Å². The molecule has 2 rings (SSSR count). The smallest absolute Gasteiger partial charge is 0.115 e. The summed E-state index contributed by atoms with van der Waals surface area (Å²) >= 11 is 7.51. The molecule has 3 heteroatoms. The topological polar surface area (TPSA) is 20.2 Å². The highest BCUT2D eigenvalue weighted by Gasteiger charge is 1.97. The van der Waals surface area contributed by atoms with Gasteiger partial charge in [0.15, 0.2) is 0 Å². The molecule has 0 fully saturated rings. The summed E-state index contributed by atoms with van der Waals surface area (Å²) in [7, 11) is 0. The molecule has 0 heterocycles. The van der Waals surface area contributed by atoms with Crippen LogP contribution in [0.15, 0.2) is 53.4 Å². The predicted molar refractivity (Wildman–Crippen MR) is 73.7 cm³/mol. The molecule has 0 bridgehead atoms. The van der Waals surface area contributed by atoms with Crippen LogP contribution >= 0.6 is 23.4 Å². The lowest BCUT2D eigenvalue weighted by Gasteiger charge is -2.03. The lowest BCUT2D eigenvalue weighted by atomic mass is 10.2. The Morgan fingerprint density at radius 3 is 2.06 bits per heavy atom. The summed E-state index contributed by atoms with van der Waals surface area (Å²) in [4.78, 5) is 1.23. The van der Waals surface area contributed by atoms with Crippen molar-refractivity contribution >= 4 is 23.4 Å². The Hall–Kier alpha value is -1.12.